The Morgan fingerprint density at radius 1 is 1.11 bits per heavy atom. The van der Waals surface area contributed by atoms with Gasteiger partial charge in [0.05, 0.1) is 17.2 Å². The van der Waals surface area contributed by atoms with Crippen molar-refractivity contribution in [1.29, 1.82) is 5.26 Å². The molecule has 0 aliphatic carbocycles. The topological polar surface area (TPSA) is 78.9 Å². The van der Waals surface area contributed by atoms with Gasteiger partial charge in [-0.3, -0.25) is 4.79 Å². The van der Waals surface area contributed by atoms with Crippen LogP contribution in [0.3, 0.4) is 0 Å². The molecule has 1 N–H and O–H groups in total. The van der Waals surface area contributed by atoms with Crippen LogP contribution >= 0.6 is 0 Å². The molecule has 1 heterocycles. The molecule has 3 aromatic carbocycles. The number of nitriles is 1. The summed E-state index contributed by atoms with van der Waals surface area (Å²) < 4.78 is 19.7. The zero-order valence-corrected chi connectivity index (χ0v) is 14.9. The lowest BCUT2D eigenvalue weighted by Crippen LogP contribution is -2.13. The number of nitrogens with zero attached hydrogens (tertiary/aromatic N) is 2. The third-order valence-corrected chi connectivity index (χ3v) is 4.28. The van der Waals surface area contributed by atoms with Gasteiger partial charge < -0.3 is 9.73 Å². The van der Waals surface area contributed by atoms with E-state index in [2.05, 4.69) is 10.3 Å². The Morgan fingerprint density at radius 3 is 2.61 bits per heavy atom. The number of carbonyl (C=O) groups excluding carboxylic acids is 1. The largest absolute Gasteiger partial charge is 0.436 e. The number of aryl methyl sites for hydroxylation is 1. The molecule has 0 radical (unpaired) electrons. The van der Waals surface area contributed by atoms with Gasteiger partial charge in [0.2, 0.25) is 5.89 Å². The van der Waals surface area contributed by atoms with Crippen molar-refractivity contribution < 1.29 is 13.6 Å². The number of hydrogen-bond acceptors (Lipinski definition) is 4. The minimum atomic E-state index is -0.741. The lowest BCUT2D eigenvalue weighted by molar-refractivity contribution is 0.102. The van der Waals surface area contributed by atoms with Gasteiger partial charge >= 0.3 is 0 Å². The third-order valence-electron chi connectivity index (χ3n) is 4.28. The maximum absolute atomic E-state index is 14.0. The van der Waals surface area contributed by atoms with E-state index in [1.165, 1.54) is 12.1 Å². The number of benzene rings is 3. The van der Waals surface area contributed by atoms with Crippen molar-refractivity contribution in [2.24, 2.45) is 0 Å². The number of halogens is 1. The molecule has 1 aromatic heterocycles. The van der Waals surface area contributed by atoms with Crippen LogP contribution < -0.4 is 5.32 Å². The molecule has 0 saturated heterocycles. The van der Waals surface area contributed by atoms with Crippen molar-refractivity contribution in [2.45, 2.75) is 6.92 Å². The van der Waals surface area contributed by atoms with Crippen molar-refractivity contribution in [3.05, 3.63) is 83.2 Å². The Kier molecular flexibility index (Phi) is 4.34. The van der Waals surface area contributed by atoms with E-state index in [0.717, 1.165) is 22.7 Å². The van der Waals surface area contributed by atoms with Crippen LogP contribution in [0, 0.1) is 24.1 Å². The molecule has 28 heavy (non-hydrogen) atoms. The number of aromatic nitrogens is 1. The molecule has 0 saturated carbocycles. The molecular formula is C22H14FN3O2. The zero-order chi connectivity index (χ0) is 19.7. The lowest BCUT2D eigenvalue weighted by Gasteiger charge is -2.07. The Balaban J connectivity index is 1.54. The number of rotatable bonds is 3. The predicted molar refractivity (Wildman–Crippen MR) is 103 cm³/mol. The molecule has 4 rings (SSSR count). The van der Waals surface area contributed by atoms with Gasteiger partial charge in [-0.15, -0.1) is 0 Å². The van der Waals surface area contributed by atoms with Gasteiger partial charge in [0.25, 0.3) is 5.91 Å². The SMILES string of the molecule is Cc1ccc2oc(-c3ccc(NC(=O)c4ccc(C#N)cc4F)cc3)nc2c1. The molecule has 6 heteroatoms. The molecule has 0 fully saturated rings. The fourth-order valence-corrected chi connectivity index (χ4v) is 2.82. The third kappa shape index (κ3) is 3.33. The number of hydrogen-bond donors (Lipinski definition) is 1. The maximum Gasteiger partial charge on any atom is 0.258 e. The quantitative estimate of drug-likeness (QED) is 0.545. The minimum absolute atomic E-state index is 0.127. The van der Waals surface area contributed by atoms with E-state index in [-0.39, 0.29) is 11.1 Å². The van der Waals surface area contributed by atoms with Crippen molar-refractivity contribution in [1.82, 2.24) is 4.98 Å². The minimum Gasteiger partial charge on any atom is -0.436 e. The van der Waals surface area contributed by atoms with Gasteiger partial charge in [-0.2, -0.15) is 5.26 Å². The molecule has 136 valence electrons. The summed E-state index contributed by atoms with van der Waals surface area (Å²) in [5, 5.41) is 11.4. The predicted octanol–water partition coefficient (Wildman–Crippen LogP) is 5.07. The summed E-state index contributed by atoms with van der Waals surface area (Å²) in [4.78, 5) is 16.8. The molecule has 0 unspecified atom stereocenters. The standard InChI is InChI=1S/C22H14FN3O2/c1-13-2-9-20-19(10-13)26-22(28-20)15-4-6-16(7-5-15)25-21(27)17-8-3-14(12-24)11-18(17)23/h2-11H,1H3,(H,25,27). The molecule has 5 nitrogen and oxygen atoms in total. The number of carbonyl (C=O) groups is 1. The summed E-state index contributed by atoms with van der Waals surface area (Å²) in [5.74, 6) is -0.848. The molecule has 0 spiro atoms. The van der Waals surface area contributed by atoms with Crippen molar-refractivity contribution in [2.75, 3.05) is 5.32 Å². The average Bonchev–Trinajstić information content (AvgIpc) is 3.11. The first-order valence-corrected chi connectivity index (χ1v) is 8.52. The van der Waals surface area contributed by atoms with Gasteiger partial charge in [0, 0.05) is 11.3 Å². The van der Waals surface area contributed by atoms with Crippen LogP contribution in [0.15, 0.2) is 65.1 Å². The first kappa shape index (κ1) is 17.4. The van der Waals surface area contributed by atoms with Gasteiger partial charge in [-0.25, -0.2) is 9.37 Å². The number of fused-ring (bicyclic) bond motifs is 1. The van der Waals surface area contributed by atoms with Gasteiger partial charge in [-0.05, 0) is 67.1 Å². The maximum atomic E-state index is 14.0. The van der Waals surface area contributed by atoms with E-state index in [0.29, 0.717) is 17.2 Å². The molecule has 0 bridgehead atoms. The Morgan fingerprint density at radius 2 is 1.89 bits per heavy atom. The summed E-state index contributed by atoms with van der Waals surface area (Å²) in [6.07, 6.45) is 0. The normalized spacial score (nSPS) is 10.6. The van der Waals surface area contributed by atoms with Crippen LogP contribution in [-0.4, -0.2) is 10.9 Å². The number of nitrogens with one attached hydrogen (secondary N) is 1. The molecule has 0 aliphatic heterocycles. The van der Waals surface area contributed by atoms with Crippen molar-refractivity contribution in [3.8, 4) is 17.5 Å². The fourth-order valence-electron chi connectivity index (χ4n) is 2.82. The molecule has 0 aliphatic rings. The molecule has 0 atom stereocenters. The molecule has 1 amide bonds. The van der Waals surface area contributed by atoms with E-state index in [1.807, 2.05) is 31.2 Å². The van der Waals surface area contributed by atoms with E-state index in [9.17, 15) is 9.18 Å². The second kappa shape index (κ2) is 6.97. The highest BCUT2D eigenvalue weighted by Gasteiger charge is 2.13. The summed E-state index contributed by atoms with van der Waals surface area (Å²) in [6, 6.07) is 18.2. The van der Waals surface area contributed by atoms with Crippen LogP contribution in [0.4, 0.5) is 10.1 Å². The van der Waals surface area contributed by atoms with Crippen LogP contribution in [0.25, 0.3) is 22.6 Å². The number of oxazole rings is 1. The van der Waals surface area contributed by atoms with Crippen LogP contribution in [0.2, 0.25) is 0 Å². The van der Waals surface area contributed by atoms with Crippen molar-refractivity contribution in [3.63, 3.8) is 0 Å². The number of anilines is 1. The fraction of sp³-hybridized carbons (Fsp3) is 0.0455. The zero-order valence-electron chi connectivity index (χ0n) is 14.9. The second-order valence-electron chi connectivity index (χ2n) is 6.33. The summed E-state index contributed by atoms with van der Waals surface area (Å²) in [6.45, 7) is 1.99. The summed E-state index contributed by atoms with van der Waals surface area (Å²) >= 11 is 0. The van der Waals surface area contributed by atoms with E-state index < -0.39 is 11.7 Å². The Bertz CT molecular complexity index is 1240. The highest BCUT2D eigenvalue weighted by molar-refractivity contribution is 6.04. The highest BCUT2D eigenvalue weighted by Crippen LogP contribution is 2.26. The Hall–Kier alpha value is -3.98. The van der Waals surface area contributed by atoms with Crippen molar-refractivity contribution >= 4 is 22.7 Å². The smallest absolute Gasteiger partial charge is 0.258 e. The molecular weight excluding hydrogens is 357 g/mol. The van der Waals surface area contributed by atoms with Gasteiger partial charge in [-0.1, -0.05) is 6.07 Å². The summed E-state index contributed by atoms with van der Waals surface area (Å²) in [5.41, 5.74) is 3.88. The lowest BCUT2D eigenvalue weighted by atomic mass is 10.1. The second-order valence-corrected chi connectivity index (χ2v) is 6.33. The summed E-state index contributed by atoms with van der Waals surface area (Å²) in [7, 11) is 0. The first-order chi connectivity index (χ1) is 13.5. The number of amides is 1. The first-order valence-electron chi connectivity index (χ1n) is 8.52. The van der Waals surface area contributed by atoms with Crippen LogP contribution in [0.5, 0.6) is 0 Å². The van der Waals surface area contributed by atoms with Gasteiger partial charge in [0.1, 0.15) is 11.3 Å². The molecule has 4 aromatic rings. The van der Waals surface area contributed by atoms with Crippen LogP contribution in [-0.2, 0) is 0 Å². The van der Waals surface area contributed by atoms with E-state index in [4.69, 9.17) is 9.68 Å². The van der Waals surface area contributed by atoms with E-state index in [1.54, 1.807) is 24.3 Å². The highest BCUT2D eigenvalue weighted by atomic mass is 19.1. The van der Waals surface area contributed by atoms with Gasteiger partial charge in [0.15, 0.2) is 5.58 Å². The van der Waals surface area contributed by atoms with E-state index >= 15 is 0 Å². The van der Waals surface area contributed by atoms with Crippen LogP contribution in [0.1, 0.15) is 21.5 Å². The monoisotopic (exact) mass is 371 g/mol. The average molecular weight is 371 g/mol. The Labute approximate surface area is 160 Å².